The van der Waals surface area contributed by atoms with Crippen LogP contribution in [0.15, 0.2) is 18.2 Å². The summed E-state index contributed by atoms with van der Waals surface area (Å²) in [5.41, 5.74) is -0.133. The third-order valence-corrected chi connectivity index (χ3v) is 3.38. The van der Waals surface area contributed by atoms with Crippen LogP contribution in [0, 0.1) is 11.6 Å². The van der Waals surface area contributed by atoms with E-state index in [2.05, 4.69) is 10.2 Å². The summed E-state index contributed by atoms with van der Waals surface area (Å²) in [5.74, 6) is -0.810. The van der Waals surface area contributed by atoms with Crippen molar-refractivity contribution in [1.29, 1.82) is 0 Å². The number of carbonyl (C=O) groups is 1. The molecule has 122 valence electrons. The molecule has 0 radical (unpaired) electrons. The molecule has 1 saturated heterocycles. The van der Waals surface area contributed by atoms with Crippen LogP contribution in [0.25, 0.3) is 0 Å². The highest BCUT2D eigenvalue weighted by molar-refractivity contribution is 5.68. The van der Waals surface area contributed by atoms with Gasteiger partial charge in [-0.2, -0.15) is 0 Å². The lowest BCUT2D eigenvalue weighted by atomic mass is 10.1. The fraction of sp³-hybridized carbons (Fsp3) is 0.562. The lowest BCUT2D eigenvalue weighted by Gasteiger charge is -2.39. The zero-order valence-electron chi connectivity index (χ0n) is 13.2. The first-order valence-corrected chi connectivity index (χ1v) is 7.39. The van der Waals surface area contributed by atoms with Gasteiger partial charge in [0.05, 0.1) is 6.04 Å². The van der Waals surface area contributed by atoms with E-state index in [1.165, 1.54) is 6.07 Å². The van der Waals surface area contributed by atoms with E-state index < -0.39 is 17.5 Å². The molecule has 1 heterocycles. The second-order valence-electron chi connectivity index (χ2n) is 6.59. The van der Waals surface area contributed by atoms with Crippen LogP contribution < -0.4 is 5.32 Å². The molecule has 6 heteroatoms. The van der Waals surface area contributed by atoms with Crippen molar-refractivity contribution >= 4 is 6.09 Å². The Morgan fingerprint density at radius 2 is 2.05 bits per heavy atom. The molecule has 1 fully saturated rings. The van der Waals surface area contributed by atoms with Gasteiger partial charge in [-0.1, -0.05) is 0 Å². The van der Waals surface area contributed by atoms with Crippen LogP contribution in [-0.4, -0.2) is 42.3 Å². The summed E-state index contributed by atoms with van der Waals surface area (Å²) in [4.78, 5) is 13.7. The largest absolute Gasteiger partial charge is 0.444 e. The van der Waals surface area contributed by atoms with Crippen LogP contribution in [0.1, 0.15) is 26.3 Å². The fourth-order valence-electron chi connectivity index (χ4n) is 2.33. The highest BCUT2D eigenvalue weighted by Gasteiger charge is 2.29. The predicted octanol–water partition coefficient (Wildman–Crippen LogP) is 2.72. The standard InChI is InChI=1S/C16H22F2N2O2/c1-16(2,3)22-15(21)19-13-9-20(10-13)7-6-11-8-12(17)4-5-14(11)18/h4-5,8,13H,6-7,9-10H2,1-3H3,(H,19,21). The molecule has 0 aromatic heterocycles. The van der Waals surface area contributed by atoms with Gasteiger partial charge >= 0.3 is 6.09 Å². The molecule has 1 aliphatic heterocycles. The number of alkyl carbamates (subject to hydrolysis) is 1. The lowest BCUT2D eigenvalue weighted by molar-refractivity contribution is 0.0403. The maximum absolute atomic E-state index is 13.5. The number of halogens is 2. The Morgan fingerprint density at radius 3 is 2.68 bits per heavy atom. The fourth-order valence-corrected chi connectivity index (χ4v) is 2.33. The van der Waals surface area contributed by atoms with E-state index in [0.717, 1.165) is 12.1 Å². The molecule has 0 aliphatic carbocycles. The maximum Gasteiger partial charge on any atom is 0.407 e. The van der Waals surface area contributed by atoms with E-state index in [-0.39, 0.29) is 11.9 Å². The normalized spacial score (nSPS) is 16.2. The monoisotopic (exact) mass is 312 g/mol. The van der Waals surface area contributed by atoms with Crippen LogP contribution in [0.3, 0.4) is 0 Å². The van der Waals surface area contributed by atoms with E-state index in [1.54, 1.807) is 0 Å². The first-order valence-electron chi connectivity index (χ1n) is 7.39. The average Bonchev–Trinajstić information content (AvgIpc) is 2.33. The molecule has 2 rings (SSSR count). The molecule has 22 heavy (non-hydrogen) atoms. The quantitative estimate of drug-likeness (QED) is 0.929. The molecule has 1 aromatic rings. The molecule has 1 aliphatic rings. The second-order valence-corrected chi connectivity index (χ2v) is 6.59. The second kappa shape index (κ2) is 6.60. The molecule has 4 nitrogen and oxygen atoms in total. The highest BCUT2D eigenvalue weighted by atomic mass is 19.1. The minimum absolute atomic E-state index is 0.0483. The van der Waals surface area contributed by atoms with Crippen LogP contribution in [0.5, 0.6) is 0 Å². The minimum Gasteiger partial charge on any atom is -0.444 e. The molecule has 1 amide bonds. The van der Waals surface area contributed by atoms with Gasteiger partial charge in [0.1, 0.15) is 17.2 Å². The van der Waals surface area contributed by atoms with Gasteiger partial charge in [-0.15, -0.1) is 0 Å². The summed E-state index contributed by atoms with van der Waals surface area (Å²) in [6.07, 6.45) is 0.0243. The van der Waals surface area contributed by atoms with Crippen molar-refractivity contribution in [2.24, 2.45) is 0 Å². The lowest BCUT2D eigenvalue weighted by Crippen LogP contribution is -2.60. The first-order chi connectivity index (χ1) is 10.2. The molecular formula is C16H22F2N2O2. The van der Waals surface area contributed by atoms with Crippen molar-refractivity contribution < 1.29 is 18.3 Å². The number of carbonyl (C=O) groups excluding carboxylic acids is 1. The zero-order chi connectivity index (χ0) is 16.3. The molecule has 0 bridgehead atoms. The number of nitrogens with one attached hydrogen (secondary N) is 1. The summed E-state index contributed by atoms with van der Waals surface area (Å²) in [6.45, 7) is 7.45. The van der Waals surface area contributed by atoms with Crippen molar-refractivity contribution in [2.45, 2.75) is 38.8 Å². The Balaban J connectivity index is 1.69. The van der Waals surface area contributed by atoms with Gasteiger partial charge in [-0.25, -0.2) is 13.6 Å². The number of amides is 1. The maximum atomic E-state index is 13.5. The van der Waals surface area contributed by atoms with Gasteiger partial charge < -0.3 is 10.1 Å². The van der Waals surface area contributed by atoms with Crippen LogP contribution >= 0.6 is 0 Å². The van der Waals surface area contributed by atoms with E-state index >= 15 is 0 Å². The predicted molar refractivity (Wildman–Crippen MR) is 79.7 cm³/mol. The van der Waals surface area contributed by atoms with Gasteiger partial charge in [0.2, 0.25) is 0 Å². The summed E-state index contributed by atoms with van der Waals surface area (Å²) in [6, 6.07) is 3.54. The summed E-state index contributed by atoms with van der Waals surface area (Å²) in [7, 11) is 0. The van der Waals surface area contributed by atoms with Gasteiger partial charge in [0.25, 0.3) is 0 Å². The van der Waals surface area contributed by atoms with E-state index in [4.69, 9.17) is 4.74 Å². The Morgan fingerprint density at radius 1 is 1.36 bits per heavy atom. The Kier molecular flexibility index (Phi) is 5.01. The van der Waals surface area contributed by atoms with Crippen molar-refractivity contribution in [3.63, 3.8) is 0 Å². The number of hydrogen-bond donors (Lipinski definition) is 1. The first kappa shape index (κ1) is 16.7. The van der Waals surface area contributed by atoms with Crippen molar-refractivity contribution in [3.8, 4) is 0 Å². The number of ether oxygens (including phenoxy) is 1. The number of hydrogen-bond acceptors (Lipinski definition) is 3. The summed E-state index contributed by atoms with van der Waals surface area (Å²) < 4.78 is 31.7. The van der Waals surface area contributed by atoms with E-state index in [9.17, 15) is 13.6 Å². The Hall–Kier alpha value is -1.69. The molecule has 1 aromatic carbocycles. The van der Waals surface area contributed by atoms with Crippen molar-refractivity contribution in [1.82, 2.24) is 10.2 Å². The smallest absolute Gasteiger partial charge is 0.407 e. The van der Waals surface area contributed by atoms with Crippen LogP contribution in [-0.2, 0) is 11.2 Å². The average molecular weight is 312 g/mol. The van der Waals surface area contributed by atoms with Gasteiger partial charge in [-0.3, -0.25) is 4.90 Å². The van der Waals surface area contributed by atoms with Gasteiger partial charge in [0.15, 0.2) is 0 Å². The molecular weight excluding hydrogens is 290 g/mol. The Bertz CT molecular complexity index is 537. The highest BCUT2D eigenvalue weighted by Crippen LogP contribution is 2.14. The van der Waals surface area contributed by atoms with Crippen LogP contribution in [0.4, 0.5) is 13.6 Å². The molecule has 0 unspecified atom stereocenters. The number of rotatable bonds is 4. The summed E-state index contributed by atoms with van der Waals surface area (Å²) >= 11 is 0. The SMILES string of the molecule is CC(C)(C)OC(=O)NC1CN(CCc2cc(F)ccc2F)C1. The van der Waals surface area contributed by atoms with E-state index in [0.29, 0.717) is 31.6 Å². The van der Waals surface area contributed by atoms with Crippen LogP contribution in [0.2, 0.25) is 0 Å². The van der Waals surface area contributed by atoms with E-state index in [1.807, 2.05) is 20.8 Å². The summed E-state index contributed by atoms with van der Waals surface area (Å²) in [5, 5.41) is 2.78. The Labute approximate surface area is 129 Å². The number of nitrogens with zero attached hydrogens (tertiary/aromatic N) is 1. The van der Waals surface area contributed by atoms with Crippen molar-refractivity contribution in [2.75, 3.05) is 19.6 Å². The zero-order valence-corrected chi connectivity index (χ0v) is 13.2. The molecule has 1 N–H and O–H groups in total. The third-order valence-electron chi connectivity index (χ3n) is 3.38. The minimum atomic E-state index is -0.511. The van der Waals surface area contributed by atoms with Gasteiger partial charge in [-0.05, 0) is 51.0 Å². The molecule has 0 saturated carbocycles. The topological polar surface area (TPSA) is 41.6 Å². The molecule has 0 atom stereocenters. The number of benzene rings is 1. The van der Waals surface area contributed by atoms with Crippen molar-refractivity contribution in [3.05, 3.63) is 35.4 Å². The third kappa shape index (κ3) is 4.94. The van der Waals surface area contributed by atoms with Gasteiger partial charge in [0, 0.05) is 19.6 Å². The molecule has 0 spiro atoms. The number of likely N-dealkylation sites (tertiary alicyclic amines) is 1.